The molecule has 0 amide bonds. The molecule has 0 aliphatic carbocycles. The van der Waals surface area contributed by atoms with Crippen LogP contribution in [0.4, 0.5) is 0 Å². The van der Waals surface area contributed by atoms with Gasteiger partial charge in [-0.1, -0.05) is 20.3 Å². The minimum absolute atomic E-state index is 0.120. The number of nitrogens with one attached hydrogen (secondary N) is 1. The molecule has 0 rings (SSSR count). The molecule has 0 heterocycles. The molecule has 4 heteroatoms. The van der Waals surface area contributed by atoms with Gasteiger partial charge in [0, 0.05) is 24.4 Å². The lowest BCUT2D eigenvalue weighted by atomic mass is 9.95. The highest BCUT2D eigenvalue weighted by molar-refractivity contribution is 7.99. The molecule has 1 unspecified atom stereocenters. The zero-order chi connectivity index (χ0) is 13.1. The van der Waals surface area contributed by atoms with Crippen molar-refractivity contribution < 1.29 is 9.84 Å². The van der Waals surface area contributed by atoms with Crippen molar-refractivity contribution in [2.24, 2.45) is 0 Å². The van der Waals surface area contributed by atoms with Gasteiger partial charge in [-0.05, 0) is 25.5 Å². The van der Waals surface area contributed by atoms with Crippen LogP contribution in [0.5, 0.6) is 0 Å². The van der Waals surface area contributed by atoms with Crippen molar-refractivity contribution in [3.63, 3.8) is 0 Å². The van der Waals surface area contributed by atoms with Crippen LogP contribution in [0.1, 0.15) is 40.0 Å². The summed E-state index contributed by atoms with van der Waals surface area (Å²) in [5.41, 5.74) is -0.120. The number of rotatable bonds is 11. The monoisotopic (exact) mass is 263 g/mol. The Labute approximate surface area is 111 Å². The molecule has 1 atom stereocenters. The standard InChI is InChI=1S/C13H29NO2S/c1-12(2)14-13(3,11-15)7-5-6-9-17-10-8-16-4/h12,14-15H,5-11H2,1-4H3. The van der Waals surface area contributed by atoms with E-state index in [9.17, 15) is 5.11 Å². The van der Waals surface area contributed by atoms with Crippen LogP contribution in [0.3, 0.4) is 0 Å². The molecule has 0 spiro atoms. The number of ether oxygens (including phenoxy) is 1. The molecule has 0 aromatic carbocycles. The molecule has 0 aliphatic heterocycles. The lowest BCUT2D eigenvalue weighted by molar-refractivity contribution is 0.154. The fourth-order valence-corrected chi connectivity index (χ4v) is 2.75. The minimum atomic E-state index is -0.120. The van der Waals surface area contributed by atoms with Crippen LogP contribution in [0.25, 0.3) is 0 Å². The van der Waals surface area contributed by atoms with Crippen molar-refractivity contribution in [1.82, 2.24) is 5.32 Å². The third-order valence-corrected chi connectivity index (χ3v) is 3.72. The number of aliphatic hydroxyl groups excluding tert-OH is 1. The molecule has 3 nitrogen and oxygen atoms in total. The maximum atomic E-state index is 9.42. The van der Waals surface area contributed by atoms with Gasteiger partial charge in [0.2, 0.25) is 0 Å². The second-order valence-corrected chi connectivity index (χ2v) is 6.30. The number of aliphatic hydroxyl groups is 1. The Balaban J connectivity index is 3.55. The van der Waals surface area contributed by atoms with E-state index >= 15 is 0 Å². The van der Waals surface area contributed by atoms with Gasteiger partial charge in [0.25, 0.3) is 0 Å². The average Bonchev–Trinajstić information content (AvgIpc) is 2.27. The summed E-state index contributed by atoms with van der Waals surface area (Å²) in [6, 6.07) is 0.420. The van der Waals surface area contributed by atoms with Crippen LogP contribution < -0.4 is 5.32 Å². The highest BCUT2D eigenvalue weighted by Gasteiger charge is 2.22. The van der Waals surface area contributed by atoms with E-state index in [4.69, 9.17) is 4.74 Å². The summed E-state index contributed by atoms with van der Waals surface area (Å²) >= 11 is 1.94. The third kappa shape index (κ3) is 9.89. The molecule has 0 saturated heterocycles. The minimum Gasteiger partial charge on any atom is -0.394 e. The van der Waals surface area contributed by atoms with Gasteiger partial charge in [0.15, 0.2) is 0 Å². The van der Waals surface area contributed by atoms with Crippen molar-refractivity contribution in [2.45, 2.75) is 51.6 Å². The molecular weight excluding hydrogens is 234 g/mol. The number of methoxy groups -OCH3 is 1. The average molecular weight is 263 g/mol. The quantitative estimate of drug-likeness (QED) is 0.561. The van der Waals surface area contributed by atoms with E-state index < -0.39 is 0 Å². The Morgan fingerprint density at radius 3 is 2.53 bits per heavy atom. The van der Waals surface area contributed by atoms with Crippen molar-refractivity contribution in [3.05, 3.63) is 0 Å². The number of thioether (sulfide) groups is 1. The van der Waals surface area contributed by atoms with E-state index in [1.165, 1.54) is 12.2 Å². The van der Waals surface area contributed by atoms with Gasteiger partial charge in [-0.3, -0.25) is 0 Å². The van der Waals surface area contributed by atoms with Crippen LogP contribution in [0.15, 0.2) is 0 Å². The zero-order valence-corrected chi connectivity index (χ0v) is 12.6. The van der Waals surface area contributed by atoms with Gasteiger partial charge in [-0.15, -0.1) is 0 Å². The van der Waals surface area contributed by atoms with Gasteiger partial charge >= 0.3 is 0 Å². The first-order chi connectivity index (χ1) is 8.04. The lowest BCUT2D eigenvalue weighted by Crippen LogP contribution is -2.49. The van der Waals surface area contributed by atoms with Gasteiger partial charge in [0.05, 0.1) is 13.2 Å². The Morgan fingerprint density at radius 2 is 2.00 bits per heavy atom. The molecule has 0 aromatic heterocycles. The summed E-state index contributed by atoms with van der Waals surface area (Å²) in [4.78, 5) is 0. The highest BCUT2D eigenvalue weighted by atomic mass is 32.2. The molecule has 0 fully saturated rings. The topological polar surface area (TPSA) is 41.5 Å². The summed E-state index contributed by atoms with van der Waals surface area (Å²) in [5, 5.41) is 12.9. The normalized spacial score (nSPS) is 15.2. The van der Waals surface area contributed by atoms with E-state index in [0.717, 1.165) is 25.2 Å². The molecule has 0 saturated carbocycles. The van der Waals surface area contributed by atoms with Gasteiger partial charge < -0.3 is 15.2 Å². The van der Waals surface area contributed by atoms with E-state index in [2.05, 4.69) is 26.1 Å². The molecule has 0 aliphatic rings. The number of hydrogen-bond acceptors (Lipinski definition) is 4. The second-order valence-electron chi connectivity index (χ2n) is 5.08. The zero-order valence-electron chi connectivity index (χ0n) is 11.8. The smallest absolute Gasteiger partial charge is 0.0610 e. The van der Waals surface area contributed by atoms with Gasteiger partial charge in [0.1, 0.15) is 0 Å². The first kappa shape index (κ1) is 17.2. The van der Waals surface area contributed by atoms with E-state index in [0.29, 0.717) is 6.04 Å². The first-order valence-electron chi connectivity index (χ1n) is 6.49. The number of hydrogen-bond donors (Lipinski definition) is 2. The Bertz CT molecular complexity index is 179. The summed E-state index contributed by atoms with van der Waals surface area (Å²) in [6.07, 6.45) is 3.41. The van der Waals surface area contributed by atoms with Gasteiger partial charge in [-0.25, -0.2) is 0 Å². The molecular formula is C13H29NO2S. The lowest BCUT2D eigenvalue weighted by Gasteiger charge is -2.31. The number of unbranched alkanes of at least 4 members (excludes halogenated alkanes) is 1. The van der Waals surface area contributed by atoms with Crippen LogP contribution in [-0.4, -0.2) is 48.5 Å². The summed E-state index contributed by atoms with van der Waals surface area (Å²) < 4.78 is 5.00. The third-order valence-electron chi connectivity index (χ3n) is 2.69. The Hall–Kier alpha value is 0.230. The highest BCUT2D eigenvalue weighted by Crippen LogP contribution is 2.16. The fraction of sp³-hybridized carbons (Fsp3) is 1.00. The molecule has 0 aromatic rings. The maximum Gasteiger partial charge on any atom is 0.0610 e. The first-order valence-corrected chi connectivity index (χ1v) is 7.65. The molecule has 104 valence electrons. The Kier molecular flexibility index (Phi) is 10.3. The Morgan fingerprint density at radius 1 is 1.29 bits per heavy atom. The predicted octanol–water partition coefficient (Wildman–Crippen LogP) is 2.29. The fourth-order valence-electron chi connectivity index (χ4n) is 1.86. The SMILES string of the molecule is COCCSCCCCC(C)(CO)NC(C)C. The molecule has 0 bridgehead atoms. The van der Waals surface area contributed by atoms with Crippen LogP contribution in [-0.2, 0) is 4.74 Å². The van der Waals surface area contributed by atoms with Crippen LogP contribution in [0.2, 0.25) is 0 Å². The van der Waals surface area contributed by atoms with Crippen molar-refractivity contribution in [2.75, 3.05) is 31.8 Å². The van der Waals surface area contributed by atoms with Gasteiger partial charge in [-0.2, -0.15) is 11.8 Å². The summed E-state index contributed by atoms with van der Waals surface area (Å²) in [6.45, 7) is 7.39. The molecule has 2 N–H and O–H groups in total. The van der Waals surface area contributed by atoms with Crippen molar-refractivity contribution >= 4 is 11.8 Å². The molecule has 0 radical (unpaired) electrons. The van der Waals surface area contributed by atoms with Crippen molar-refractivity contribution in [3.8, 4) is 0 Å². The second kappa shape index (κ2) is 10.2. The van der Waals surface area contributed by atoms with E-state index in [1.807, 2.05) is 11.8 Å². The van der Waals surface area contributed by atoms with Crippen LogP contribution >= 0.6 is 11.8 Å². The predicted molar refractivity (Wildman–Crippen MR) is 76.8 cm³/mol. The summed E-state index contributed by atoms with van der Waals surface area (Å²) in [5.74, 6) is 2.27. The maximum absolute atomic E-state index is 9.42. The van der Waals surface area contributed by atoms with Crippen molar-refractivity contribution in [1.29, 1.82) is 0 Å². The molecule has 17 heavy (non-hydrogen) atoms. The summed E-state index contributed by atoms with van der Waals surface area (Å²) in [7, 11) is 1.74. The van der Waals surface area contributed by atoms with E-state index in [1.54, 1.807) is 7.11 Å². The van der Waals surface area contributed by atoms with E-state index in [-0.39, 0.29) is 12.1 Å². The largest absolute Gasteiger partial charge is 0.394 e. The van der Waals surface area contributed by atoms with Crippen LogP contribution in [0, 0.1) is 0 Å².